The third-order valence-corrected chi connectivity index (χ3v) is 5.71. The summed E-state index contributed by atoms with van der Waals surface area (Å²) in [4.78, 5) is 4.75. The van der Waals surface area contributed by atoms with Crippen molar-refractivity contribution in [3.63, 3.8) is 0 Å². The van der Waals surface area contributed by atoms with E-state index in [-0.39, 0.29) is 16.2 Å². The van der Waals surface area contributed by atoms with Crippen molar-refractivity contribution >= 4 is 0 Å². The van der Waals surface area contributed by atoms with E-state index in [0.29, 0.717) is 5.41 Å². The fourth-order valence-electron chi connectivity index (χ4n) is 4.16. The zero-order valence-electron chi connectivity index (χ0n) is 15.5. The Hall–Kier alpha value is -0.850. The minimum atomic E-state index is 0.129. The van der Waals surface area contributed by atoms with Gasteiger partial charge in [-0.3, -0.25) is 4.98 Å². The van der Waals surface area contributed by atoms with Gasteiger partial charge < -0.3 is 0 Å². The molecule has 1 heterocycles. The summed E-state index contributed by atoms with van der Waals surface area (Å²) < 4.78 is 0. The van der Waals surface area contributed by atoms with E-state index in [9.17, 15) is 0 Å². The van der Waals surface area contributed by atoms with Crippen molar-refractivity contribution in [2.75, 3.05) is 0 Å². The van der Waals surface area contributed by atoms with E-state index in [2.05, 4.69) is 74.6 Å². The van der Waals surface area contributed by atoms with Crippen molar-refractivity contribution in [1.29, 1.82) is 0 Å². The van der Waals surface area contributed by atoms with Gasteiger partial charge in [0.05, 0.1) is 0 Å². The zero-order valence-corrected chi connectivity index (χ0v) is 15.5. The van der Waals surface area contributed by atoms with Crippen molar-refractivity contribution in [2.45, 2.75) is 80.6 Å². The van der Waals surface area contributed by atoms with Gasteiger partial charge in [-0.05, 0) is 46.3 Å². The van der Waals surface area contributed by atoms with Crippen LogP contribution in [0.15, 0.2) is 12.3 Å². The van der Waals surface area contributed by atoms with Gasteiger partial charge in [0.15, 0.2) is 0 Å². The Kier molecular flexibility index (Phi) is 3.60. The Labute approximate surface area is 131 Å². The lowest BCUT2D eigenvalue weighted by molar-refractivity contribution is -0.0221. The van der Waals surface area contributed by atoms with Crippen LogP contribution < -0.4 is 0 Å². The van der Waals surface area contributed by atoms with Crippen LogP contribution in [0.5, 0.6) is 0 Å². The summed E-state index contributed by atoms with van der Waals surface area (Å²) in [6.07, 6.45) is 4.49. The van der Waals surface area contributed by atoms with Gasteiger partial charge in [-0.25, -0.2) is 0 Å². The summed E-state index contributed by atoms with van der Waals surface area (Å²) in [6.45, 7) is 21.2. The van der Waals surface area contributed by atoms with Crippen LogP contribution in [0.1, 0.15) is 79.1 Å². The van der Waals surface area contributed by atoms with Crippen LogP contribution in [0.2, 0.25) is 0 Å². The van der Waals surface area contributed by atoms with Crippen LogP contribution in [-0.2, 0) is 18.3 Å². The Morgan fingerprint density at radius 3 is 1.71 bits per heavy atom. The standard InChI is InChI=1S/C20H33N/c1-17(2,3)16-10-14-11-20(18(4,5)6,19(7,8)9)12-15(14)13-21-16/h10,13H,11-12H2,1-9H3. The van der Waals surface area contributed by atoms with Crippen LogP contribution in [-0.4, -0.2) is 4.98 Å². The molecule has 0 bridgehead atoms. The highest BCUT2D eigenvalue weighted by Crippen LogP contribution is 2.59. The number of fused-ring (bicyclic) bond motifs is 1. The molecule has 0 unspecified atom stereocenters. The van der Waals surface area contributed by atoms with Gasteiger partial charge in [0.2, 0.25) is 0 Å². The molecule has 1 aromatic rings. The van der Waals surface area contributed by atoms with Crippen molar-refractivity contribution < 1.29 is 0 Å². The highest BCUT2D eigenvalue weighted by molar-refractivity contribution is 5.37. The molecule has 0 spiro atoms. The van der Waals surface area contributed by atoms with Gasteiger partial charge in [-0.1, -0.05) is 62.3 Å². The van der Waals surface area contributed by atoms with Gasteiger partial charge in [0.25, 0.3) is 0 Å². The lowest BCUT2D eigenvalue weighted by atomic mass is 9.52. The van der Waals surface area contributed by atoms with Gasteiger partial charge in [0.1, 0.15) is 0 Å². The molecule has 0 radical (unpaired) electrons. The molecule has 0 saturated heterocycles. The molecular weight excluding hydrogens is 254 g/mol. The SMILES string of the molecule is CC(C)(C)c1cc2c(cn1)CC(C(C)(C)C)(C(C)(C)C)C2. The van der Waals surface area contributed by atoms with Crippen LogP contribution in [0, 0.1) is 16.2 Å². The predicted octanol–water partition coefficient (Wildman–Crippen LogP) is 5.56. The summed E-state index contributed by atoms with van der Waals surface area (Å²) in [6, 6.07) is 2.37. The average molecular weight is 287 g/mol. The maximum absolute atomic E-state index is 4.75. The molecular formula is C20H33N. The molecule has 1 aliphatic carbocycles. The van der Waals surface area contributed by atoms with Crippen LogP contribution in [0.25, 0.3) is 0 Å². The Morgan fingerprint density at radius 2 is 1.29 bits per heavy atom. The molecule has 0 saturated carbocycles. The number of hydrogen-bond donors (Lipinski definition) is 0. The fourth-order valence-corrected chi connectivity index (χ4v) is 4.16. The second-order valence-electron chi connectivity index (χ2n) is 10.0. The lowest BCUT2D eigenvalue weighted by Crippen LogP contribution is -2.47. The predicted molar refractivity (Wildman–Crippen MR) is 91.7 cm³/mol. The summed E-state index contributed by atoms with van der Waals surface area (Å²) in [5.41, 5.74) is 5.22. The van der Waals surface area contributed by atoms with Crippen molar-refractivity contribution in [3.05, 3.63) is 29.1 Å². The largest absolute Gasteiger partial charge is 0.260 e. The summed E-state index contributed by atoms with van der Waals surface area (Å²) in [5, 5.41) is 0. The second-order valence-corrected chi connectivity index (χ2v) is 10.0. The van der Waals surface area contributed by atoms with E-state index < -0.39 is 0 Å². The number of rotatable bonds is 0. The highest BCUT2D eigenvalue weighted by Gasteiger charge is 2.53. The minimum Gasteiger partial charge on any atom is -0.260 e. The smallest absolute Gasteiger partial charge is 0.0459 e. The average Bonchev–Trinajstić information content (AvgIpc) is 2.65. The first-order chi connectivity index (χ1) is 9.28. The molecule has 2 rings (SSSR count). The van der Waals surface area contributed by atoms with E-state index in [1.54, 1.807) is 0 Å². The molecule has 0 N–H and O–H groups in total. The fraction of sp³-hybridized carbons (Fsp3) is 0.750. The van der Waals surface area contributed by atoms with E-state index in [1.807, 2.05) is 0 Å². The highest BCUT2D eigenvalue weighted by atomic mass is 14.7. The first-order valence-corrected chi connectivity index (χ1v) is 8.26. The Morgan fingerprint density at radius 1 is 0.810 bits per heavy atom. The summed E-state index contributed by atoms with van der Waals surface area (Å²) in [5.74, 6) is 0. The second kappa shape index (κ2) is 4.57. The van der Waals surface area contributed by atoms with Gasteiger partial charge in [0, 0.05) is 17.3 Å². The molecule has 1 aromatic heterocycles. The maximum atomic E-state index is 4.75. The molecule has 0 fully saturated rings. The Bertz CT molecular complexity index is 518. The van der Waals surface area contributed by atoms with E-state index in [0.717, 1.165) is 6.42 Å². The molecule has 1 heteroatoms. The van der Waals surface area contributed by atoms with E-state index >= 15 is 0 Å². The molecule has 1 nitrogen and oxygen atoms in total. The Balaban J connectivity index is 2.50. The van der Waals surface area contributed by atoms with Crippen molar-refractivity contribution in [3.8, 4) is 0 Å². The van der Waals surface area contributed by atoms with E-state index in [4.69, 9.17) is 4.98 Å². The first kappa shape index (κ1) is 16.5. The number of aromatic nitrogens is 1. The molecule has 0 amide bonds. The van der Waals surface area contributed by atoms with E-state index in [1.165, 1.54) is 23.2 Å². The zero-order chi connectivity index (χ0) is 16.3. The van der Waals surface area contributed by atoms with Crippen LogP contribution >= 0.6 is 0 Å². The monoisotopic (exact) mass is 287 g/mol. The maximum Gasteiger partial charge on any atom is 0.0459 e. The van der Waals surface area contributed by atoms with Gasteiger partial charge >= 0.3 is 0 Å². The van der Waals surface area contributed by atoms with Crippen LogP contribution in [0.4, 0.5) is 0 Å². The molecule has 118 valence electrons. The van der Waals surface area contributed by atoms with Gasteiger partial charge in [-0.2, -0.15) is 0 Å². The normalized spacial score (nSPS) is 18.7. The quantitative estimate of drug-likeness (QED) is 0.609. The number of hydrogen-bond acceptors (Lipinski definition) is 1. The minimum absolute atomic E-state index is 0.129. The lowest BCUT2D eigenvalue weighted by Gasteiger charge is -2.52. The third-order valence-electron chi connectivity index (χ3n) is 5.71. The molecule has 0 atom stereocenters. The molecule has 1 aliphatic rings. The number of pyridine rings is 1. The van der Waals surface area contributed by atoms with Crippen molar-refractivity contribution in [2.24, 2.45) is 16.2 Å². The summed E-state index contributed by atoms with van der Waals surface area (Å²) >= 11 is 0. The van der Waals surface area contributed by atoms with Gasteiger partial charge in [-0.15, -0.1) is 0 Å². The van der Waals surface area contributed by atoms with Crippen molar-refractivity contribution in [1.82, 2.24) is 4.98 Å². The molecule has 0 aliphatic heterocycles. The topological polar surface area (TPSA) is 12.9 Å². The third kappa shape index (κ3) is 2.64. The molecule has 0 aromatic carbocycles. The number of nitrogens with zero attached hydrogens (tertiary/aromatic N) is 1. The first-order valence-electron chi connectivity index (χ1n) is 8.26. The van der Waals surface area contributed by atoms with Crippen LogP contribution in [0.3, 0.4) is 0 Å². The summed E-state index contributed by atoms with van der Waals surface area (Å²) in [7, 11) is 0. The molecule has 21 heavy (non-hydrogen) atoms.